The number of hydrogen-bond acceptors (Lipinski definition) is 9. The first kappa shape index (κ1) is 31.7. The number of amides is 1. The molecule has 2 aromatic heterocycles. The molecule has 0 radical (unpaired) electrons. The van der Waals surface area contributed by atoms with Crippen LogP contribution in [0.4, 0.5) is 5.13 Å². The molecule has 2 saturated heterocycles. The van der Waals surface area contributed by atoms with Crippen LogP contribution < -0.4 is 10.6 Å². The van der Waals surface area contributed by atoms with Gasteiger partial charge in [0.2, 0.25) is 11.8 Å². The van der Waals surface area contributed by atoms with Crippen molar-refractivity contribution in [3.8, 4) is 0 Å². The molecule has 0 spiro atoms. The van der Waals surface area contributed by atoms with Gasteiger partial charge in [0.25, 0.3) is 0 Å². The maximum atomic E-state index is 13.1. The van der Waals surface area contributed by atoms with Crippen LogP contribution in [0.2, 0.25) is 0 Å². The fourth-order valence-corrected chi connectivity index (χ4v) is 8.34. The second-order valence-electron chi connectivity index (χ2n) is 13.8. The van der Waals surface area contributed by atoms with Crippen LogP contribution in [0.5, 0.6) is 0 Å². The van der Waals surface area contributed by atoms with E-state index in [9.17, 15) is 4.79 Å². The van der Waals surface area contributed by atoms with Crippen LogP contribution in [0.25, 0.3) is 0 Å². The van der Waals surface area contributed by atoms with Crippen LogP contribution in [-0.2, 0) is 22.5 Å². The number of likely N-dealkylation sites (tertiary alicyclic amines) is 2. The summed E-state index contributed by atoms with van der Waals surface area (Å²) in [5, 5.41) is 7.27. The number of hydrogen-bond donors (Lipinski definition) is 2. The van der Waals surface area contributed by atoms with Crippen molar-refractivity contribution < 1.29 is 9.21 Å². The van der Waals surface area contributed by atoms with Gasteiger partial charge in [-0.05, 0) is 88.8 Å². The lowest BCUT2D eigenvalue weighted by atomic mass is 9.92. The Morgan fingerprint density at radius 3 is 2.39 bits per heavy atom. The standard InChI is InChI=1S/C34H48N6O2S2/c1-34(2,3)28-19-36-29(42-28)22-43-30-20-37-33(44-30)38-32(41)26-11-17-40(18-12-26)27-13-15-39(16-14-27)21-23-5-7-24(8-6-23)31(35-4)25-9-10-25/h5-8,19-20,25-27,31,35H,9-18,21-22H2,1-4H3,(H,37,38,41). The van der Waals surface area contributed by atoms with E-state index in [1.165, 1.54) is 48.1 Å². The molecule has 2 N–H and O–H groups in total. The van der Waals surface area contributed by atoms with E-state index in [1.807, 2.05) is 12.4 Å². The number of oxazole rings is 1. The molecule has 1 aromatic carbocycles. The fourth-order valence-electron chi connectivity index (χ4n) is 6.61. The van der Waals surface area contributed by atoms with Crippen molar-refractivity contribution >= 4 is 34.1 Å². The first-order valence-corrected chi connectivity index (χ1v) is 18.1. The van der Waals surface area contributed by atoms with Crippen LogP contribution in [0.15, 0.2) is 45.3 Å². The Hall–Kier alpha value is -2.24. The van der Waals surface area contributed by atoms with Gasteiger partial charge >= 0.3 is 0 Å². The molecule has 3 aromatic rings. The quantitative estimate of drug-likeness (QED) is 0.225. The minimum Gasteiger partial charge on any atom is -0.444 e. The second kappa shape index (κ2) is 14.0. The number of anilines is 1. The number of aromatic nitrogens is 2. The molecule has 4 heterocycles. The number of rotatable bonds is 11. The van der Waals surface area contributed by atoms with E-state index in [0.717, 1.165) is 61.5 Å². The predicted molar refractivity (Wildman–Crippen MR) is 179 cm³/mol. The molecule has 2 aliphatic heterocycles. The Kier molecular flexibility index (Phi) is 10.1. The third kappa shape index (κ3) is 8.12. The Morgan fingerprint density at radius 1 is 1.02 bits per heavy atom. The van der Waals surface area contributed by atoms with Crippen molar-refractivity contribution in [1.29, 1.82) is 0 Å². The highest BCUT2D eigenvalue weighted by atomic mass is 32.2. The van der Waals surface area contributed by atoms with E-state index in [0.29, 0.717) is 28.9 Å². The lowest BCUT2D eigenvalue weighted by Crippen LogP contribution is -2.48. The highest BCUT2D eigenvalue weighted by Gasteiger charge is 2.32. The number of carbonyl (C=O) groups is 1. The van der Waals surface area contributed by atoms with Crippen molar-refractivity contribution in [2.45, 2.75) is 93.3 Å². The van der Waals surface area contributed by atoms with Gasteiger partial charge in [0, 0.05) is 30.0 Å². The smallest absolute Gasteiger partial charge is 0.229 e. The average Bonchev–Trinajstić information content (AvgIpc) is 3.54. The van der Waals surface area contributed by atoms with Gasteiger partial charge in [0.15, 0.2) is 5.13 Å². The summed E-state index contributed by atoms with van der Waals surface area (Å²) < 4.78 is 6.94. The van der Waals surface area contributed by atoms with Crippen LogP contribution in [-0.4, -0.2) is 64.9 Å². The summed E-state index contributed by atoms with van der Waals surface area (Å²) in [6.45, 7) is 11.7. The average molecular weight is 637 g/mol. The molecule has 238 valence electrons. The van der Waals surface area contributed by atoms with Crippen LogP contribution in [0.3, 0.4) is 0 Å². The molecular formula is C34H48N6O2S2. The Balaban J connectivity index is 0.893. The molecule has 1 aliphatic carbocycles. The molecule has 10 heteroatoms. The molecule has 3 aliphatic rings. The first-order chi connectivity index (χ1) is 21.2. The molecule has 44 heavy (non-hydrogen) atoms. The number of thioether (sulfide) groups is 1. The number of carbonyl (C=O) groups excluding carboxylic acids is 1. The topological polar surface area (TPSA) is 86.5 Å². The van der Waals surface area contributed by atoms with Gasteiger partial charge in [-0.15, -0.1) is 11.8 Å². The van der Waals surface area contributed by atoms with Gasteiger partial charge in [0.1, 0.15) is 5.76 Å². The number of nitrogens with zero attached hydrogens (tertiary/aromatic N) is 4. The molecule has 3 fully saturated rings. The highest BCUT2D eigenvalue weighted by molar-refractivity contribution is 8.00. The monoisotopic (exact) mass is 636 g/mol. The summed E-state index contributed by atoms with van der Waals surface area (Å²) in [6.07, 6.45) is 10.6. The maximum absolute atomic E-state index is 13.1. The van der Waals surface area contributed by atoms with Crippen LogP contribution >= 0.6 is 23.1 Å². The lowest BCUT2D eigenvalue weighted by molar-refractivity contribution is -0.121. The van der Waals surface area contributed by atoms with E-state index in [1.54, 1.807) is 11.8 Å². The minimum absolute atomic E-state index is 0.0507. The van der Waals surface area contributed by atoms with Crippen LogP contribution in [0, 0.1) is 11.8 Å². The van der Waals surface area contributed by atoms with Gasteiger partial charge < -0.3 is 20.0 Å². The van der Waals surface area contributed by atoms with Gasteiger partial charge in [-0.25, -0.2) is 9.97 Å². The van der Waals surface area contributed by atoms with Crippen LogP contribution in [0.1, 0.15) is 88.1 Å². The van der Waals surface area contributed by atoms with E-state index < -0.39 is 0 Å². The SMILES string of the molecule is CNC(c1ccc(CN2CCC(N3CCC(C(=O)Nc4ncc(SCc5ncc(C(C)(C)C)o5)s4)CC3)CC2)cc1)C1CC1. The molecule has 1 amide bonds. The fraction of sp³-hybridized carbons (Fsp3) is 0.618. The Bertz CT molecular complexity index is 1360. The molecular weight excluding hydrogens is 589 g/mol. The van der Waals surface area contributed by atoms with Crippen molar-refractivity contribution in [2.75, 3.05) is 38.5 Å². The van der Waals surface area contributed by atoms with Crippen molar-refractivity contribution in [1.82, 2.24) is 25.1 Å². The highest BCUT2D eigenvalue weighted by Crippen LogP contribution is 2.41. The summed E-state index contributed by atoms with van der Waals surface area (Å²) in [4.78, 5) is 27.2. The zero-order valence-corrected chi connectivity index (χ0v) is 28.3. The van der Waals surface area contributed by atoms with E-state index in [2.05, 4.69) is 82.5 Å². The summed E-state index contributed by atoms with van der Waals surface area (Å²) >= 11 is 3.16. The second-order valence-corrected chi connectivity index (χ2v) is 16.1. The predicted octanol–water partition coefficient (Wildman–Crippen LogP) is 6.71. The van der Waals surface area contributed by atoms with Gasteiger partial charge in [-0.3, -0.25) is 9.69 Å². The zero-order chi connectivity index (χ0) is 30.7. The summed E-state index contributed by atoms with van der Waals surface area (Å²) in [6, 6.07) is 10.5. The Morgan fingerprint density at radius 2 is 1.75 bits per heavy atom. The van der Waals surface area contributed by atoms with E-state index >= 15 is 0 Å². The summed E-state index contributed by atoms with van der Waals surface area (Å²) in [7, 11) is 2.08. The largest absolute Gasteiger partial charge is 0.444 e. The first-order valence-electron chi connectivity index (χ1n) is 16.3. The number of piperidine rings is 2. The summed E-state index contributed by atoms with van der Waals surface area (Å²) in [5.41, 5.74) is 2.80. The normalized spacial score (nSPS) is 20.2. The molecule has 1 atom stereocenters. The third-order valence-corrected chi connectivity index (χ3v) is 11.6. The molecule has 0 bridgehead atoms. The minimum atomic E-state index is -0.0507. The molecule has 8 nitrogen and oxygen atoms in total. The zero-order valence-electron chi connectivity index (χ0n) is 26.7. The van der Waals surface area contributed by atoms with Crippen molar-refractivity contribution in [3.63, 3.8) is 0 Å². The number of thiazole rings is 1. The Labute approximate surface area is 270 Å². The van der Waals surface area contributed by atoms with Crippen molar-refractivity contribution in [3.05, 3.63) is 59.4 Å². The van der Waals surface area contributed by atoms with E-state index in [-0.39, 0.29) is 17.2 Å². The third-order valence-electron chi connectivity index (χ3n) is 9.47. The number of nitrogens with one attached hydrogen (secondary N) is 2. The molecule has 1 saturated carbocycles. The summed E-state index contributed by atoms with van der Waals surface area (Å²) in [5.74, 6) is 3.24. The maximum Gasteiger partial charge on any atom is 0.229 e. The molecule has 6 rings (SSSR count). The number of benzene rings is 1. The van der Waals surface area contributed by atoms with Crippen molar-refractivity contribution in [2.24, 2.45) is 11.8 Å². The van der Waals surface area contributed by atoms with Gasteiger partial charge in [-0.1, -0.05) is 56.4 Å². The molecule has 1 unspecified atom stereocenters. The van der Waals surface area contributed by atoms with E-state index in [4.69, 9.17) is 4.42 Å². The van der Waals surface area contributed by atoms with Gasteiger partial charge in [0.05, 0.1) is 22.4 Å². The van der Waals surface area contributed by atoms with Gasteiger partial charge in [-0.2, -0.15) is 0 Å². The lowest BCUT2D eigenvalue weighted by Gasteiger charge is -2.41.